The number of hydrogen-bond donors (Lipinski definition) is 1. The molecule has 126 valence electrons. The quantitative estimate of drug-likeness (QED) is 0.695. The summed E-state index contributed by atoms with van der Waals surface area (Å²) in [5, 5.41) is 1.77. The third-order valence-corrected chi connectivity index (χ3v) is 6.89. The normalized spacial score (nSPS) is 11.8. The van der Waals surface area contributed by atoms with Crippen molar-refractivity contribution in [2.24, 2.45) is 0 Å². The fourth-order valence-electron chi connectivity index (χ4n) is 2.39. The number of nitrogens with zero attached hydrogens (tertiary/aromatic N) is 2. The highest BCUT2D eigenvalue weighted by Gasteiger charge is 2.25. The first-order valence-corrected chi connectivity index (χ1v) is 10.1. The summed E-state index contributed by atoms with van der Waals surface area (Å²) in [7, 11) is -4.05. The molecule has 6 nitrogen and oxygen atoms in total. The van der Waals surface area contributed by atoms with Gasteiger partial charge in [0.1, 0.15) is 0 Å². The molecule has 1 N–H and O–H groups in total. The van der Waals surface area contributed by atoms with Gasteiger partial charge < -0.3 is 0 Å². The van der Waals surface area contributed by atoms with Crippen molar-refractivity contribution < 1.29 is 8.42 Å². The van der Waals surface area contributed by atoms with E-state index in [1.54, 1.807) is 30.5 Å². The number of sulfonamides is 1. The SMILES string of the molecule is Cc1cc(NS(=O)(=O)c2c(C)nc3scc(C)n3c2=O)ccc1Br. The van der Waals surface area contributed by atoms with Gasteiger partial charge in [-0.3, -0.25) is 13.9 Å². The van der Waals surface area contributed by atoms with Gasteiger partial charge in [-0.05, 0) is 44.5 Å². The number of benzene rings is 1. The van der Waals surface area contributed by atoms with Gasteiger partial charge in [-0.15, -0.1) is 11.3 Å². The Balaban J connectivity index is 2.16. The molecule has 0 aliphatic carbocycles. The van der Waals surface area contributed by atoms with Gasteiger partial charge in [-0.1, -0.05) is 15.9 Å². The van der Waals surface area contributed by atoms with E-state index in [0.717, 1.165) is 10.0 Å². The largest absolute Gasteiger partial charge is 0.279 e. The van der Waals surface area contributed by atoms with Crippen molar-refractivity contribution in [2.75, 3.05) is 4.72 Å². The van der Waals surface area contributed by atoms with Gasteiger partial charge in [0.15, 0.2) is 9.86 Å². The summed E-state index contributed by atoms with van der Waals surface area (Å²) < 4.78 is 30.1. The summed E-state index contributed by atoms with van der Waals surface area (Å²) in [5.41, 5.74) is 1.52. The van der Waals surface area contributed by atoms with E-state index in [-0.39, 0.29) is 10.6 Å². The van der Waals surface area contributed by atoms with E-state index in [2.05, 4.69) is 25.6 Å². The molecule has 0 fully saturated rings. The Kier molecular flexibility index (Phi) is 4.27. The molecule has 0 saturated carbocycles. The maximum atomic E-state index is 12.7. The number of thiazole rings is 1. The van der Waals surface area contributed by atoms with Gasteiger partial charge in [0.25, 0.3) is 15.6 Å². The number of aromatic nitrogens is 2. The lowest BCUT2D eigenvalue weighted by Gasteiger charge is -2.11. The zero-order valence-electron chi connectivity index (χ0n) is 13.1. The molecule has 0 unspecified atom stereocenters. The lowest BCUT2D eigenvalue weighted by atomic mass is 10.2. The first-order chi connectivity index (χ1) is 11.2. The molecule has 0 aliphatic rings. The molecule has 0 amide bonds. The van der Waals surface area contributed by atoms with Crippen molar-refractivity contribution in [3.8, 4) is 0 Å². The molecule has 0 atom stereocenters. The Morgan fingerprint density at radius 1 is 1.25 bits per heavy atom. The number of rotatable bonds is 3. The minimum atomic E-state index is -4.05. The van der Waals surface area contributed by atoms with Gasteiger partial charge >= 0.3 is 0 Å². The average Bonchev–Trinajstić information content (AvgIpc) is 2.83. The molecule has 3 rings (SSSR count). The predicted molar refractivity (Wildman–Crippen MR) is 98.5 cm³/mol. The van der Waals surface area contributed by atoms with Crippen LogP contribution in [0.1, 0.15) is 17.0 Å². The van der Waals surface area contributed by atoms with Crippen molar-refractivity contribution in [2.45, 2.75) is 25.7 Å². The zero-order valence-corrected chi connectivity index (χ0v) is 16.3. The van der Waals surface area contributed by atoms with Crippen LogP contribution in [-0.2, 0) is 10.0 Å². The summed E-state index contributed by atoms with van der Waals surface area (Å²) in [5.74, 6) is 0. The number of anilines is 1. The van der Waals surface area contributed by atoms with E-state index in [1.165, 1.54) is 22.7 Å². The summed E-state index contributed by atoms with van der Waals surface area (Å²) in [6, 6.07) is 5.07. The summed E-state index contributed by atoms with van der Waals surface area (Å²) in [6.07, 6.45) is 0. The Morgan fingerprint density at radius 3 is 2.62 bits per heavy atom. The topological polar surface area (TPSA) is 80.5 Å². The molecule has 0 bridgehead atoms. The van der Waals surface area contributed by atoms with Crippen molar-refractivity contribution in [3.63, 3.8) is 0 Å². The third kappa shape index (κ3) is 2.87. The Labute approximate surface area is 151 Å². The Bertz CT molecular complexity index is 1120. The average molecular weight is 428 g/mol. The van der Waals surface area contributed by atoms with Crippen LogP contribution < -0.4 is 10.3 Å². The maximum Gasteiger partial charge on any atom is 0.279 e. The molecule has 3 aromatic rings. The second-order valence-electron chi connectivity index (χ2n) is 5.40. The summed E-state index contributed by atoms with van der Waals surface area (Å²) >= 11 is 4.67. The highest BCUT2D eigenvalue weighted by Crippen LogP contribution is 2.23. The van der Waals surface area contributed by atoms with Crippen LogP contribution in [0, 0.1) is 20.8 Å². The number of hydrogen-bond acceptors (Lipinski definition) is 5. The fourth-order valence-corrected chi connectivity index (χ4v) is 4.84. The summed E-state index contributed by atoms with van der Waals surface area (Å²) in [4.78, 5) is 17.1. The molecular weight excluding hydrogens is 414 g/mol. The van der Waals surface area contributed by atoms with E-state index in [1.807, 2.05) is 6.92 Å². The molecule has 0 spiro atoms. The second-order valence-corrected chi connectivity index (χ2v) is 8.71. The molecule has 9 heteroatoms. The minimum absolute atomic E-state index is 0.184. The van der Waals surface area contributed by atoms with Crippen LogP contribution >= 0.6 is 27.3 Å². The maximum absolute atomic E-state index is 12.7. The molecule has 0 saturated heterocycles. The van der Waals surface area contributed by atoms with Gasteiger partial charge in [0, 0.05) is 21.2 Å². The molecule has 2 heterocycles. The predicted octanol–water partition coefficient (Wildman–Crippen LogP) is 3.24. The Morgan fingerprint density at radius 2 is 1.96 bits per heavy atom. The fraction of sp³-hybridized carbons (Fsp3) is 0.200. The lowest BCUT2D eigenvalue weighted by Crippen LogP contribution is -2.28. The number of halogens is 1. The van der Waals surface area contributed by atoms with Crippen LogP contribution in [-0.4, -0.2) is 17.8 Å². The van der Waals surface area contributed by atoms with E-state index in [0.29, 0.717) is 16.3 Å². The van der Waals surface area contributed by atoms with Crippen LogP contribution in [0.2, 0.25) is 0 Å². The summed E-state index contributed by atoms with van der Waals surface area (Å²) in [6.45, 7) is 5.12. The molecule has 24 heavy (non-hydrogen) atoms. The highest BCUT2D eigenvalue weighted by molar-refractivity contribution is 9.10. The van der Waals surface area contributed by atoms with E-state index in [4.69, 9.17) is 0 Å². The monoisotopic (exact) mass is 427 g/mol. The van der Waals surface area contributed by atoms with E-state index < -0.39 is 15.6 Å². The smallest absolute Gasteiger partial charge is 0.279 e. The van der Waals surface area contributed by atoms with Gasteiger partial charge in [-0.25, -0.2) is 13.4 Å². The van der Waals surface area contributed by atoms with Crippen LogP contribution in [0.4, 0.5) is 5.69 Å². The van der Waals surface area contributed by atoms with Gasteiger partial charge in [-0.2, -0.15) is 0 Å². The van der Waals surface area contributed by atoms with E-state index in [9.17, 15) is 13.2 Å². The first kappa shape index (κ1) is 17.1. The van der Waals surface area contributed by atoms with Crippen molar-refractivity contribution in [1.82, 2.24) is 9.38 Å². The lowest BCUT2D eigenvalue weighted by molar-refractivity contribution is 0.598. The van der Waals surface area contributed by atoms with Crippen molar-refractivity contribution in [1.29, 1.82) is 0 Å². The molecule has 0 aliphatic heterocycles. The number of aryl methyl sites for hydroxylation is 3. The van der Waals surface area contributed by atoms with Crippen molar-refractivity contribution in [3.05, 3.63) is 55.4 Å². The number of fused-ring (bicyclic) bond motifs is 1. The van der Waals surface area contributed by atoms with Crippen molar-refractivity contribution >= 4 is 47.9 Å². The number of nitrogens with one attached hydrogen (secondary N) is 1. The molecule has 2 aromatic heterocycles. The van der Waals surface area contributed by atoms with Crippen LogP contribution in [0.5, 0.6) is 0 Å². The molecule has 1 aromatic carbocycles. The van der Waals surface area contributed by atoms with Gasteiger partial charge in [0.05, 0.1) is 5.69 Å². The van der Waals surface area contributed by atoms with Crippen LogP contribution in [0.15, 0.2) is 37.7 Å². The molecular formula is C15H14BrN3O3S2. The highest BCUT2D eigenvalue weighted by atomic mass is 79.9. The van der Waals surface area contributed by atoms with E-state index >= 15 is 0 Å². The molecule has 0 radical (unpaired) electrons. The second kappa shape index (κ2) is 5.98. The van der Waals surface area contributed by atoms with Crippen LogP contribution in [0.3, 0.4) is 0 Å². The van der Waals surface area contributed by atoms with Gasteiger partial charge in [0.2, 0.25) is 0 Å². The minimum Gasteiger partial charge on any atom is -0.279 e. The van der Waals surface area contributed by atoms with Crippen LogP contribution in [0.25, 0.3) is 4.96 Å². The first-order valence-electron chi connectivity index (χ1n) is 6.97. The zero-order chi connectivity index (χ0) is 17.6. The Hall–Kier alpha value is -1.71. The standard InChI is InChI=1S/C15H14BrN3O3S2/c1-8-6-11(4-5-12(8)16)18-24(21,22)13-10(3)17-15-19(14(13)20)9(2)7-23-15/h4-7,18H,1-3H3. The third-order valence-electron chi connectivity index (χ3n) is 3.55.